The standard InChI is InChI=1S/C13H11ClN4/c1-9-12-13(16-7-15-9)18(8-17-12)6-10-4-2-3-5-11(10)14/h2-5,7-8H,6H2,1H3. The van der Waals surface area contributed by atoms with Gasteiger partial charge in [0.2, 0.25) is 0 Å². The van der Waals surface area contributed by atoms with Crippen LogP contribution in [0.15, 0.2) is 36.9 Å². The molecule has 0 radical (unpaired) electrons. The van der Waals surface area contributed by atoms with Gasteiger partial charge in [-0.25, -0.2) is 15.0 Å². The summed E-state index contributed by atoms with van der Waals surface area (Å²) in [6.45, 7) is 2.59. The first-order chi connectivity index (χ1) is 8.75. The minimum absolute atomic E-state index is 0.659. The Labute approximate surface area is 109 Å². The van der Waals surface area contributed by atoms with Gasteiger partial charge in [-0.15, -0.1) is 0 Å². The summed E-state index contributed by atoms with van der Waals surface area (Å²) in [6.07, 6.45) is 3.33. The predicted octanol–water partition coefficient (Wildman–Crippen LogP) is 2.84. The molecule has 0 N–H and O–H groups in total. The van der Waals surface area contributed by atoms with E-state index in [9.17, 15) is 0 Å². The molecule has 0 unspecified atom stereocenters. The van der Waals surface area contributed by atoms with Crippen molar-refractivity contribution < 1.29 is 0 Å². The van der Waals surface area contributed by atoms with Crippen molar-refractivity contribution in [3.8, 4) is 0 Å². The van der Waals surface area contributed by atoms with Crippen molar-refractivity contribution >= 4 is 22.8 Å². The summed E-state index contributed by atoms with van der Waals surface area (Å²) in [6, 6.07) is 7.78. The average Bonchev–Trinajstić information content (AvgIpc) is 2.77. The number of imidazole rings is 1. The normalized spacial score (nSPS) is 11.0. The van der Waals surface area contributed by atoms with Gasteiger partial charge >= 0.3 is 0 Å². The lowest BCUT2D eigenvalue weighted by Crippen LogP contribution is -2.00. The fraction of sp³-hybridized carbons (Fsp3) is 0.154. The number of aryl methyl sites for hydroxylation is 1. The minimum Gasteiger partial charge on any atom is -0.311 e. The van der Waals surface area contributed by atoms with E-state index in [2.05, 4.69) is 15.0 Å². The molecule has 0 saturated heterocycles. The molecule has 18 heavy (non-hydrogen) atoms. The second-order valence-electron chi connectivity index (χ2n) is 4.10. The van der Waals surface area contributed by atoms with Gasteiger partial charge in [0, 0.05) is 5.02 Å². The third-order valence-corrected chi connectivity index (χ3v) is 3.25. The number of rotatable bonds is 2. The number of nitrogens with zero attached hydrogens (tertiary/aromatic N) is 4. The molecule has 1 aromatic carbocycles. The molecule has 5 heteroatoms. The van der Waals surface area contributed by atoms with Crippen LogP contribution in [0.1, 0.15) is 11.3 Å². The fourth-order valence-corrected chi connectivity index (χ4v) is 2.12. The molecule has 0 amide bonds. The summed E-state index contributed by atoms with van der Waals surface area (Å²) in [7, 11) is 0. The summed E-state index contributed by atoms with van der Waals surface area (Å²) in [4.78, 5) is 12.7. The van der Waals surface area contributed by atoms with Crippen molar-refractivity contribution in [1.29, 1.82) is 0 Å². The van der Waals surface area contributed by atoms with Crippen LogP contribution in [0, 0.1) is 6.92 Å². The highest BCUT2D eigenvalue weighted by atomic mass is 35.5. The Morgan fingerprint density at radius 3 is 2.83 bits per heavy atom. The molecule has 3 aromatic rings. The number of fused-ring (bicyclic) bond motifs is 1. The van der Waals surface area contributed by atoms with Crippen molar-refractivity contribution in [1.82, 2.24) is 19.5 Å². The Hall–Kier alpha value is -1.94. The van der Waals surface area contributed by atoms with E-state index in [1.54, 1.807) is 12.7 Å². The van der Waals surface area contributed by atoms with E-state index in [-0.39, 0.29) is 0 Å². The van der Waals surface area contributed by atoms with E-state index in [1.165, 1.54) is 0 Å². The van der Waals surface area contributed by atoms with Crippen molar-refractivity contribution in [2.24, 2.45) is 0 Å². The topological polar surface area (TPSA) is 43.6 Å². The Morgan fingerprint density at radius 2 is 2.00 bits per heavy atom. The van der Waals surface area contributed by atoms with Gasteiger partial charge in [0.25, 0.3) is 0 Å². The van der Waals surface area contributed by atoms with Gasteiger partial charge in [0.1, 0.15) is 11.8 Å². The summed E-state index contributed by atoms with van der Waals surface area (Å²) in [5, 5.41) is 0.755. The lowest BCUT2D eigenvalue weighted by atomic mass is 10.2. The Bertz CT molecular complexity index is 705. The Morgan fingerprint density at radius 1 is 1.17 bits per heavy atom. The Kier molecular flexibility index (Phi) is 2.72. The zero-order chi connectivity index (χ0) is 12.5. The molecule has 0 aliphatic heterocycles. The van der Waals surface area contributed by atoms with Crippen LogP contribution < -0.4 is 0 Å². The fourth-order valence-electron chi connectivity index (χ4n) is 1.92. The van der Waals surface area contributed by atoms with Crippen LogP contribution in [0.2, 0.25) is 5.02 Å². The zero-order valence-corrected chi connectivity index (χ0v) is 10.6. The maximum atomic E-state index is 6.16. The monoisotopic (exact) mass is 258 g/mol. The maximum Gasteiger partial charge on any atom is 0.163 e. The smallest absolute Gasteiger partial charge is 0.163 e. The second-order valence-corrected chi connectivity index (χ2v) is 4.50. The van der Waals surface area contributed by atoms with Gasteiger partial charge in [0.15, 0.2) is 5.65 Å². The molecule has 2 heterocycles. The van der Waals surface area contributed by atoms with Crippen LogP contribution in [0.5, 0.6) is 0 Å². The van der Waals surface area contributed by atoms with Crippen LogP contribution in [-0.4, -0.2) is 19.5 Å². The van der Waals surface area contributed by atoms with Gasteiger partial charge in [-0.3, -0.25) is 0 Å². The van der Waals surface area contributed by atoms with Crippen LogP contribution >= 0.6 is 11.6 Å². The molecule has 0 aliphatic rings. The summed E-state index contributed by atoms with van der Waals surface area (Å²) in [5.41, 5.74) is 3.61. The molecule has 0 aliphatic carbocycles. The first kappa shape index (κ1) is 11.2. The van der Waals surface area contributed by atoms with E-state index >= 15 is 0 Å². The molecule has 4 nitrogen and oxygen atoms in total. The van der Waals surface area contributed by atoms with E-state index in [4.69, 9.17) is 11.6 Å². The molecular weight excluding hydrogens is 248 g/mol. The largest absolute Gasteiger partial charge is 0.311 e. The van der Waals surface area contributed by atoms with E-state index in [1.807, 2.05) is 35.8 Å². The first-order valence-corrected chi connectivity index (χ1v) is 5.99. The number of hydrogen-bond donors (Lipinski definition) is 0. The molecular formula is C13H11ClN4. The molecule has 0 saturated carbocycles. The van der Waals surface area contributed by atoms with E-state index < -0.39 is 0 Å². The highest BCUT2D eigenvalue weighted by Gasteiger charge is 2.08. The molecule has 90 valence electrons. The van der Waals surface area contributed by atoms with Gasteiger partial charge < -0.3 is 4.57 Å². The predicted molar refractivity (Wildman–Crippen MR) is 70.6 cm³/mol. The molecule has 2 aromatic heterocycles. The van der Waals surface area contributed by atoms with Gasteiger partial charge in [-0.05, 0) is 18.6 Å². The maximum absolute atomic E-state index is 6.16. The van der Waals surface area contributed by atoms with Crippen LogP contribution in [0.25, 0.3) is 11.2 Å². The molecule has 3 rings (SSSR count). The average molecular weight is 259 g/mol. The van der Waals surface area contributed by atoms with Crippen molar-refractivity contribution in [3.63, 3.8) is 0 Å². The third kappa shape index (κ3) is 1.84. The summed E-state index contributed by atoms with van der Waals surface area (Å²) in [5.74, 6) is 0. The van der Waals surface area contributed by atoms with Crippen molar-refractivity contribution in [2.45, 2.75) is 13.5 Å². The number of hydrogen-bond acceptors (Lipinski definition) is 3. The second kappa shape index (κ2) is 4.38. The van der Waals surface area contributed by atoms with Crippen LogP contribution in [0.3, 0.4) is 0 Å². The first-order valence-electron chi connectivity index (χ1n) is 5.61. The van der Waals surface area contributed by atoms with Crippen molar-refractivity contribution in [3.05, 3.63) is 53.2 Å². The zero-order valence-electron chi connectivity index (χ0n) is 9.84. The Balaban J connectivity index is 2.06. The van der Waals surface area contributed by atoms with Gasteiger partial charge in [0.05, 0.1) is 18.6 Å². The minimum atomic E-state index is 0.659. The molecule has 0 spiro atoms. The van der Waals surface area contributed by atoms with Crippen LogP contribution in [-0.2, 0) is 6.54 Å². The number of halogens is 1. The molecule has 0 atom stereocenters. The van der Waals surface area contributed by atoms with Gasteiger partial charge in [-0.2, -0.15) is 0 Å². The highest BCUT2D eigenvalue weighted by Crippen LogP contribution is 2.19. The molecule has 0 fully saturated rings. The van der Waals surface area contributed by atoms with E-state index in [0.29, 0.717) is 6.54 Å². The molecule has 0 bridgehead atoms. The SMILES string of the molecule is Cc1ncnc2c1ncn2Cc1ccccc1Cl. The lowest BCUT2D eigenvalue weighted by molar-refractivity contribution is 0.813. The third-order valence-electron chi connectivity index (χ3n) is 2.88. The number of benzene rings is 1. The highest BCUT2D eigenvalue weighted by molar-refractivity contribution is 6.31. The van der Waals surface area contributed by atoms with Crippen molar-refractivity contribution in [2.75, 3.05) is 0 Å². The lowest BCUT2D eigenvalue weighted by Gasteiger charge is -2.05. The van der Waals surface area contributed by atoms with Gasteiger partial charge in [-0.1, -0.05) is 29.8 Å². The van der Waals surface area contributed by atoms with Crippen LogP contribution in [0.4, 0.5) is 0 Å². The number of aromatic nitrogens is 4. The summed E-state index contributed by atoms with van der Waals surface area (Å²) >= 11 is 6.16. The summed E-state index contributed by atoms with van der Waals surface area (Å²) < 4.78 is 1.98. The quantitative estimate of drug-likeness (QED) is 0.710. The van der Waals surface area contributed by atoms with E-state index in [0.717, 1.165) is 27.4 Å².